The minimum atomic E-state index is 0.379. The fourth-order valence-corrected chi connectivity index (χ4v) is 2.62. The Hall–Kier alpha value is -2.80. The molecule has 0 aliphatic rings. The molecule has 0 aliphatic heterocycles. The second kappa shape index (κ2) is 6.13. The van der Waals surface area contributed by atoms with Crippen molar-refractivity contribution in [2.45, 2.75) is 0 Å². The zero-order chi connectivity index (χ0) is 16.4. The summed E-state index contributed by atoms with van der Waals surface area (Å²) in [6.45, 7) is 0. The third kappa shape index (κ3) is 2.55. The predicted octanol–water partition coefficient (Wildman–Crippen LogP) is 2.86. The van der Waals surface area contributed by atoms with Gasteiger partial charge in [-0.2, -0.15) is 0 Å². The number of nitrogens with zero attached hydrogens (tertiary/aromatic N) is 2. The molecule has 0 aromatic carbocycles. The Balaban J connectivity index is 2.25. The number of amides is 1. The molecule has 8 heteroatoms. The van der Waals surface area contributed by atoms with Gasteiger partial charge in [0.2, 0.25) is 12.3 Å². The number of nitrogens with one attached hydrogen (secondary N) is 2. The van der Waals surface area contributed by atoms with Gasteiger partial charge >= 0.3 is 0 Å². The van der Waals surface area contributed by atoms with Crippen LogP contribution in [0.5, 0.6) is 11.6 Å². The molecule has 3 aromatic heterocycles. The molecule has 118 valence electrons. The molecule has 3 aromatic rings. The SMILES string of the molecule is COc1ncc(Cl)c(OC)c1-c1c[nH]c2nc(NC=O)ccc12. The van der Waals surface area contributed by atoms with Crippen LogP contribution in [0.15, 0.2) is 24.5 Å². The number of rotatable bonds is 5. The van der Waals surface area contributed by atoms with E-state index in [0.717, 1.165) is 10.9 Å². The highest BCUT2D eigenvalue weighted by atomic mass is 35.5. The standard InChI is InChI=1S/C15H13ClN4O3/c1-22-13-10(16)6-18-15(23-2)12(13)9-5-17-14-8(9)3-4-11(20-14)19-7-21/h3-7H,1-2H3,(H2,17,19,20,21). The Morgan fingerprint density at radius 3 is 2.83 bits per heavy atom. The molecule has 0 bridgehead atoms. The van der Waals surface area contributed by atoms with E-state index < -0.39 is 0 Å². The van der Waals surface area contributed by atoms with Gasteiger partial charge in [0, 0.05) is 17.1 Å². The molecule has 3 rings (SSSR count). The molecule has 3 heterocycles. The Morgan fingerprint density at radius 2 is 2.13 bits per heavy atom. The zero-order valence-corrected chi connectivity index (χ0v) is 13.1. The van der Waals surface area contributed by atoms with Gasteiger partial charge in [0.25, 0.3) is 0 Å². The fraction of sp³-hybridized carbons (Fsp3) is 0.133. The molecule has 0 saturated heterocycles. The number of pyridine rings is 2. The van der Waals surface area contributed by atoms with Crippen LogP contribution >= 0.6 is 11.6 Å². The zero-order valence-electron chi connectivity index (χ0n) is 12.4. The van der Waals surface area contributed by atoms with Gasteiger partial charge in [0.15, 0.2) is 5.75 Å². The second-order valence-electron chi connectivity index (χ2n) is 4.58. The maximum absolute atomic E-state index is 10.5. The average molecular weight is 333 g/mol. The van der Waals surface area contributed by atoms with Crippen LogP contribution < -0.4 is 14.8 Å². The lowest BCUT2D eigenvalue weighted by Gasteiger charge is -2.12. The fourth-order valence-electron chi connectivity index (χ4n) is 2.40. The predicted molar refractivity (Wildman–Crippen MR) is 87.1 cm³/mol. The smallest absolute Gasteiger partial charge is 0.225 e. The molecular formula is C15H13ClN4O3. The lowest BCUT2D eigenvalue weighted by atomic mass is 10.1. The molecule has 0 radical (unpaired) electrons. The third-order valence-corrected chi connectivity index (χ3v) is 3.63. The van der Waals surface area contributed by atoms with Gasteiger partial charge in [-0.3, -0.25) is 4.79 Å². The highest BCUT2D eigenvalue weighted by molar-refractivity contribution is 6.32. The first-order valence-corrected chi connectivity index (χ1v) is 7.02. The Kier molecular flexibility index (Phi) is 4.03. The number of hydrogen-bond donors (Lipinski definition) is 2. The number of ether oxygens (including phenoxy) is 2. The summed E-state index contributed by atoms with van der Waals surface area (Å²) in [6, 6.07) is 3.53. The van der Waals surface area contributed by atoms with Crippen LogP contribution in [0, 0.1) is 0 Å². The lowest BCUT2D eigenvalue weighted by Crippen LogP contribution is -1.97. The van der Waals surface area contributed by atoms with Crippen LogP contribution in [0.25, 0.3) is 22.2 Å². The number of fused-ring (bicyclic) bond motifs is 1. The minimum absolute atomic E-state index is 0.379. The molecule has 0 spiro atoms. The molecule has 2 N–H and O–H groups in total. The van der Waals surface area contributed by atoms with E-state index in [9.17, 15) is 4.79 Å². The summed E-state index contributed by atoms with van der Waals surface area (Å²) in [5, 5.41) is 3.71. The number of halogens is 1. The molecule has 0 unspecified atom stereocenters. The van der Waals surface area contributed by atoms with Crippen molar-refractivity contribution in [2.24, 2.45) is 0 Å². The number of hydrogen-bond acceptors (Lipinski definition) is 5. The van der Waals surface area contributed by atoms with E-state index in [1.165, 1.54) is 20.4 Å². The molecule has 0 atom stereocenters. The Labute approximate surface area is 136 Å². The van der Waals surface area contributed by atoms with Crippen LogP contribution in [0.3, 0.4) is 0 Å². The van der Waals surface area contributed by atoms with Gasteiger partial charge in [0.1, 0.15) is 16.5 Å². The largest absolute Gasteiger partial charge is 0.494 e. The number of methoxy groups -OCH3 is 2. The van der Waals surface area contributed by atoms with Gasteiger partial charge in [-0.25, -0.2) is 9.97 Å². The molecule has 0 fully saturated rings. The maximum atomic E-state index is 10.5. The molecule has 7 nitrogen and oxygen atoms in total. The quantitative estimate of drug-likeness (QED) is 0.701. The summed E-state index contributed by atoms with van der Waals surface area (Å²) in [6.07, 6.45) is 3.81. The number of H-pyrrole nitrogens is 1. The van der Waals surface area contributed by atoms with Crippen molar-refractivity contribution in [1.29, 1.82) is 0 Å². The summed E-state index contributed by atoms with van der Waals surface area (Å²) in [4.78, 5) is 22.1. The molecular weight excluding hydrogens is 320 g/mol. The van der Waals surface area contributed by atoms with Crippen molar-refractivity contribution in [2.75, 3.05) is 19.5 Å². The molecule has 0 saturated carbocycles. The summed E-state index contributed by atoms with van der Waals surface area (Å²) in [7, 11) is 3.06. The van der Waals surface area contributed by atoms with E-state index in [1.54, 1.807) is 12.3 Å². The average Bonchev–Trinajstić information content (AvgIpc) is 2.97. The van der Waals surface area contributed by atoms with Gasteiger partial charge in [0.05, 0.1) is 26.0 Å². The number of aromatic nitrogens is 3. The van der Waals surface area contributed by atoms with Crippen LogP contribution in [-0.4, -0.2) is 35.6 Å². The summed E-state index contributed by atoms with van der Waals surface area (Å²) in [5.74, 6) is 1.31. The van der Waals surface area contributed by atoms with Crippen molar-refractivity contribution < 1.29 is 14.3 Å². The first-order chi connectivity index (χ1) is 11.2. The normalized spacial score (nSPS) is 10.6. The maximum Gasteiger partial charge on any atom is 0.225 e. The number of anilines is 1. The Morgan fingerprint density at radius 1 is 1.30 bits per heavy atom. The number of carbonyl (C=O) groups is 1. The van der Waals surface area contributed by atoms with Crippen molar-refractivity contribution in [3.05, 3.63) is 29.5 Å². The molecule has 1 amide bonds. The second-order valence-corrected chi connectivity index (χ2v) is 4.99. The van der Waals surface area contributed by atoms with E-state index in [0.29, 0.717) is 40.1 Å². The molecule has 23 heavy (non-hydrogen) atoms. The Bertz CT molecular complexity index is 879. The summed E-state index contributed by atoms with van der Waals surface area (Å²) in [5.41, 5.74) is 2.02. The van der Waals surface area contributed by atoms with Crippen LogP contribution in [0.2, 0.25) is 5.02 Å². The molecule has 0 aliphatic carbocycles. The first-order valence-electron chi connectivity index (χ1n) is 6.64. The van der Waals surface area contributed by atoms with Crippen LogP contribution in [0.4, 0.5) is 5.82 Å². The lowest BCUT2D eigenvalue weighted by molar-refractivity contribution is -0.105. The number of aromatic amines is 1. The van der Waals surface area contributed by atoms with Gasteiger partial charge < -0.3 is 19.8 Å². The first kappa shape index (κ1) is 15.1. The van der Waals surface area contributed by atoms with E-state index in [4.69, 9.17) is 21.1 Å². The third-order valence-electron chi connectivity index (χ3n) is 3.37. The van der Waals surface area contributed by atoms with E-state index in [2.05, 4.69) is 20.3 Å². The van der Waals surface area contributed by atoms with E-state index >= 15 is 0 Å². The van der Waals surface area contributed by atoms with Crippen LogP contribution in [-0.2, 0) is 4.79 Å². The van der Waals surface area contributed by atoms with E-state index in [-0.39, 0.29) is 0 Å². The summed E-state index contributed by atoms with van der Waals surface area (Å²) >= 11 is 6.18. The highest BCUT2D eigenvalue weighted by Crippen LogP contribution is 2.43. The minimum Gasteiger partial charge on any atom is -0.494 e. The monoisotopic (exact) mass is 332 g/mol. The van der Waals surface area contributed by atoms with Gasteiger partial charge in [-0.15, -0.1) is 0 Å². The van der Waals surface area contributed by atoms with E-state index in [1.807, 2.05) is 6.07 Å². The summed E-state index contributed by atoms with van der Waals surface area (Å²) < 4.78 is 10.7. The van der Waals surface area contributed by atoms with Crippen molar-refractivity contribution >= 4 is 34.9 Å². The van der Waals surface area contributed by atoms with Crippen molar-refractivity contribution in [3.8, 4) is 22.8 Å². The van der Waals surface area contributed by atoms with Gasteiger partial charge in [-0.1, -0.05) is 11.6 Å². The van der Waals surface area contributed by atoms with Gasteiger partial charge in [-0.05, 0) is 12.1 Å². The van der Waals surface area contributed by atoms with Crippen molar-refractivity contribution in [1.82, 2.24) is 15.0 Å². The topological polar surface area (TPSA) is 89.1 Å². The highest BCUT2D eigenvalue weighted by Gasteiger charge is 2.20. The van der Waals surface area contributed by atoms with Crippen molar-refractivity contribution in [3.63, 3.8) is 0 Å². The van der Waals surface area contributed by atoms with Crippen LogP contribution in [0.1, 0.15) is 0 Å². The number of carbonyl (C=O) groups excluding carboxylic acids is 1.